The van der Waals surface area contributed by atoms with Gasteiger partial charge >= 0.3 is 0 Å². The van der Waals surface area contributed by atoms with E-state index in [1.807, 2.05) is 13.0 Å². The number of nitrogens with zero attached hydrogens (tertiary/aromatic N) is 1. The molecule has 0 aromatic heterocycles. The van der Waals surface area contributed by atoms with Gasteiger partial charge in [-0.3, -0.25) is 4.79 Å². The molecule has 5 heteroatoms. The van der Waals surface area contributed by atoms with Gasteiger partial charge in [-0.2, -0.15) is 0 Å². The zero-order valence-electron chi connectivity index (χ0n) is 11.6. The number of hydrogen-bond acceptors (Lipinski definition) is 4. The molecule has 0 radical (unpaired) electrons. The van der Waals surface area contributed by atoms with E-state index in [4.69, 9.17) is 14.2 Å². The van der Waals surface area contributed by atoms with Crippen LogP contribution in [-0.4, -0.2) is 51.3 Å². The van der Waals surface area contributed by atoms with E-state index >= 15 is 0 Å². The molecule has 2 rings (SSSR count). The van der Waals surface area contributed by atoms with Crippen molar-refractivity contribution in [3.63, 3.8) is 0 Å². The number of benzene rings is 1. The van der Waals surface area contributed by atoms with Crippen LogP contribution in [0.2, 0.25) is 0 Å². The van der Waals surface area contributed by atoms with Crippen LogP contribution in [0.25, 0.3) is 0 Å². The fraction of sp³-hybridized carbons (Fsp3) is 0.500. The number of carbonyl (C=O) groups is 1. The van der Waals surface area contributed by atoms with Crippen molar-refractivity contribution in [2.24, 2.45) is 0 Å². The SMILES string of the molecule is COc1cc(C(=O)N2CCOCC2)c(OC)cc1C. The molecule has 0 N–H and O–H groups in total. The van der Waals surface area contributed by atoms with Gasteiger partial charge in [0.25, 0.3) is 5.91 Å². The van der Waals surface area contributed by atoms with Crippen LogP contribution in [0.15, 0.2) is 12.1 Å². The average molecular weight is 265 g/mol. The fourth-order valence-electron chi connectivity index (χ4n) is 2.15. The van der Waals surface area contributed by atoms with Gasteiger partial charge in [0.05, 0.1) is 33.0 Å². The third-order valence-electron chi connectivity index (χ3n) is 3.25. The number of rotatable bonds is 3. The first-order chi connectivity index (χ1) is 9.17. The van der Waals surface area contributed by atoms with Crippen LogP contribution < -0.4 is 9.47 Å². The number of carbonyl (C=O) groups excluding carboxylic acids is 1. The van der Waals surface area contributed by atoms with E-state index in [1.54, 1.807) is 25.2 Å². The van der Waals surface area contributed by atoms with Crippen molar-refractivity contribution in [3.05, 3.63) is 23.3 Å². The summed E-state index contributed by atoms with van der Waals surface area (Å²) in [4.78, 5) is 14.3. The number of ether oxygens (including phenoxy) is 3. The van der Waals surface area contributed by atoms with Crippen LogP contribution in [0.5, 0.6) is 11.5 Å². The van der Waals surface area contributed by atoms with Crippen molar-refractivity contribution < 1.29 is 19.0 Å². The topological polar surface area (TPSA) is 48.0 Å². The third kappa shape index (κ3) is 2.81. The molecule has 0 bridgehead atoms. The average Bonchev–Trinajstić information content (AvgIpc) is 2.47. The normalized spacial score (nSPS) is 15.2. The van der Waals surface area contributed by atoms with E-state index in [-0.39, 0.29) is 5.91 Å². The highest BCUT2D eigenvalue weighted by molar-refractivity contribution is 5.97. The lowest BCUT2D eigenvalue weighted by Crippen LogP contribution is -2.40. The van der Waals surface area contributed by atoms with Gasteiger partial charge in [0.1, 0.15) is 11.5 Å². The zero-order chi connectivity index (χ0) is 13.8. The second kappa shape index (κ2) is 5.93. The summed E-state index contributed by atoms with van der Waals surface area (Å²) in [5.41, 5.74) is 1.48. The van der Waals surface area contributed by atoms with Crippen molar-refractivity contribution >= 4 is 5.91 Å². The summed E-state index contributed by atoms with van der Waals surface area (Å²) in [5, 5.41) is 0. The number of aryl methyl sites for hydroxylation is 1. The van der Waals surface area contributed by atoms with Crippen LogP contribution in [-0.2, 0) is 4.74 Å². The van der Waals surface area contributed by atoms with Crippen LogP contribution in [0, 0.1) is 6.92 Å². The van der Waals surface area contributed by atoms with Crippen molar-refractivity contribution in [2.75, 3.05) is 40.5 Å². The molecule has 0 unspecified atom stereocenters. The molecule has 19 heavy (non-hydrogen) atoms. The molecule has 1 aliphatic heterocycles. The Labute approximate surface area is 113 Å². The predicted molar refractivity (Wildman–Crippen MR) is 71.0 cm³/mol. The quantitative estimate of drug-likeness (QED) is 0.830. The number of hydrogen-bond donors (Lipinski definition) is 0. The first-order valence-corrected chi connectivity index (χ1v) is 6.27. The standard InChI is InChI=1S/C14H19NO4/c1-10-8-13(18-3)11(9-12(10)17-2)14(16)15-4-6-19-7-5-15/h8-9H,4-7H2,1-3H3. The largest absolute Gasteiger partial charge is 0.496 e. The minimum Gasteiger partial charge on any atom is -0.496 e. The summed E-state index contributed by atoms with van der Waals surface area (Å²) >= 11 is 0. The minimum atomic E-state index is -0.0431. The monoisotopic (exact) mass is 265 g/mol. The lowest BCUT2D eigenvalue weighted by atomic mass is 10.1. The molecule has 1 saturated heterocycles. The number of amides is 1. The molecule has 104 valence electrons. The fourth-order valence-corrected chi connectivity index (χ4v) is 2.15. The highest BCUT2D eigenvalue weighted by Gasteiger charge is 2.23. The van der Waals surface area contributed by atoms with Gasteiger partial charge in [-0.1, -0.05) is 0 Å². The van der Waals surface area contributed by atoms with Gasteiger partial charge in [-0.05, 0) is 24.6 Å². The minimum absolute atomic E-state index is 0.0431. The van der Waals surface area contributed by atoms with E-state index in [2.05, 4.69) is 0 Å². The van der Waals surface area contributed by atoms with E-state index < -0.39 is 0 Å². The second-order valence-electron chi connectivity index (χ2n) is 4.43. The Morgan fingerprint density at radius 1 is 1.16 bits per heavy atom. The lowest BCUT2D eigenvalue weighted by Gasteiger charge is -2.27. The maximum Gasteiger partial charge on any atom is 0.257 e. The van der Waals surface area contributed by atoms with E-state index in [0.29, 0.717) is 43.4 Å². The van der Waals surface area contributed by atoms with Gasteiger partial charge in [0.15, 0.2) is 0 Å². The van der Waals surface area contributed by atoms with Crippen LogP contribution in [0.4, 0.5) is 0 Å². The van der Waals surface area contributed by atoms with E-state index in [1.165, 1.54) is 0 Å². The molecule has 1 amide bonds. The summed E-state index contributed by atoms with van der Waals surface area (Å²) in [6.45, 7) is 4.30. The third-order valence-corrected chi connectivity index (χ3v) is 3.25. The zero-order valence-corrected chi connectivity index (χ0v) is 11.6. The van der Waals surface area contributed by atoms with Crippen LogP contribution in [0.1, 0.15) is 15.9 Å². The Kier molecular flexibility index (Phi) is 4.27. The Bertz CT molecular complexity index is 467. The van der Waals surface area contributed by atoms with Gasteiger partial charge in [0.2, 0.25) is 0 Å². The van der Waals surface area contributed by atoms with Gasteiger partial charge in [-0.25, -0.2) is 0 Å². The summed E-state index contributed by atoms with van der Waals surface area (Å²) < 4.78 is 15.8. The Balaban J connectivity index is 2.33. The Morgan fingerprint density at radius 3 is 2.37 bits per heavy atom. The van der Waals surface area contributed by atoms with Crippen LogP contribution >= 0.6 is 0 Å². The molecule has 1 aliphatic rings. The Hall–Kier alpha value is -1.75. The van der Waals surface area contributed by atoms with E-state index in [0.717, 1.165) is 5.56 Å². The van der Waals surface area contributed by atoms with Crippen molar-refractivity contribution in [3.8, 4) is 11.5 Å². The van der Waals surface area contributed by atoms with Gasteiger partial charge in [0, 0.05) is 13.1 Å². The summed E-state index contributed by atoms with van der Waals surface area (Å²) in [6, 6.07) is 3.57. The number of morpholine rings is 1. The first-order valence-electron chi connectivity index (χ1n) is 6.27. The highest BCUT2D eigenvalue weighted by atomic mass is 16.5. The van der Waals surface area contributed by atoms with Crippen molar-refractivity contribution in [1.82, 2.24) is 4.90 Å². The molecule has 1 heterocycles. The molecule has 1 aromatic carbocycles. The molecular weight excluding hydrogens is 246 g/mol. The first kappa shape index (κ1) is 13.7. The molecule has 0 spiro atoms. The molecule has 1 aromatic rings. The molecule has 0 aliphatic carbocycles. The highest BCUT2D eigenvalue weighted by Crippen LogP contribution is 2.29. The molecule has 0 atom stereocenters. The second-order valence-corrected chi connectivity index (χ2v) is 4.43. The lowest BCUT2D eigenvalue weighted by molar-refractivity contribution is 0.0300. The van der Waals surface area contributed by atoms with Crippen LogP contribution in [0.3, 0.4) is 0 Å². The van der Waals surface area contributed by atoms with Gasteiger partial charge < -0.3 is 19.1 Å². The number of methoxy groups -OCH3 is 2. The molecule has 1 fully saturated rings. The van der Waals surface area contributed by atoms with Crippen molar-refractivity contribution in [1.29, 1.82) is 0 Å². The predicted octanol–water partition coefficient (Wildman–Crippen LogP) is 1.48. The summed E-state index contributed by atoms with van der Waals surface area (Å²) in [5.74, 6) is 1.23. The maximum atomic E-state index is 12.5. The maximum absolute atomic E-state index is 12.5. The van der Waals surface area contributed by atoms with E-state index in [9.17, 15) is 4.79 Å². The summed E-state index contributed by atoms with van der Waals surface area (Å²) in [6.07, 6.45) is 0. The summed E-state index contributed by atoms with van der Waals surface area (Å²) in [7, 11) is 3.16. The Morgan fingerprint density at radius 2 is 1.79 bits per heavy atom. The molecule has 0 saturated carbocycles. The smallest absolute Gasteiger partial charge is 0.257 e. The van der Waals surface area contributed by atoms with Crippen molar-refractivity contribution in [2.45, 2.75) is 6.92 Å². The van der Waals surface area contributed by atoms with Gasteiger partial charge in [-0.15, -0.1) is 0 Å². The molecule has 5 nitrogen and oxygen atoms in total. The molecular formula is C14H19NO4.